The smallest absolute Gasteiger partial charge is 0.391 e. The van der Waals surface area contributed by atoms with Crippen LogP contribution in [0, 0.1) is 0 Å². The van der Waals surface area contributed by atoms with Gasteiger partial charge in [0.25, 0.3) is 0 Å². The molecule has 0 unspecified atom stereocenters. The van der Waals surface area contributed by atoms with E-state index in [9.17, 15) is 0 Å². The molecule has 0 saturated heterocycles. The summed E-state index contributed by atoms with van der Waals surface area (Å²) in [5.41, 5.74) is -1.50. The minimum atomic E-state index is -0.500. The van der Waals surface area contributed by atoms with Crippen molar-refractivity contribution < 1.29 is 33.9 Å². The average Bonchev–Trinajstić information content (AvgIpc) is 1.41. The van der Waals surface area contributed by atoms with Gasteiger partial charge in [-0.2, -0.15) is 0 Å². The van der Waals surface area contributed by atoms with Gasteiger partial charge in [-0.05, 0) is 62.3 Å². The van der Waals surface area contributed by atoms with E-state index >= 15 is 0 Å². The van der Waals surface area contributed by atoms with Crippen LogP contribution in [0.3, 0.4) is 0 Å². The number of hydrogen-bond donors (Lipinski definition) is 3. The SMILES string of the molecule is CC(C)(C)O.CC(C)(C)O.CC(C)(C)O.[V+2]. The summed E-state index contributed by atoms with van der Waals surface area (Å²) < 4.78 is 0. The van der Waals surface area contributed by atoms with Gasteiger partial charge in [-0.15, -0.1) is 0 Å². The van der Waals surface area contributed by atoms with Crippen LogP contribution in [-0.2, 0) is 18.6 Å². The van der Waals surface area contributed by atoms with Gasteiger partial charge in [0.05, 0.1) is 16.8 Å². The summed E-state index contributed by atoms with van der Waals surface area (Å²) in [7, 11) is 0. The molecule has 0 aromatic heterocycles. The first-order chi connectivity index (χ1) is 6.00. The zero-order valence-corrected chi connectivity index (χ0v) is 13.7. The summed E-state index contributed by atoms with van der Waals surface area (Å²) in [6, 6.07) is 0. The maximum atomic E-state index is 8.52. The molecule has 0 aromatic carbocycles. The Labute approximate surface area is 113 Å². The fraction of sp³-hybridized carbons (Fsp3) is 1.00. The molecular weight excluding hydrogens is 243 g/mol. The first-order valence-electron chi connectivity index (χ1n) is 5.17. The molecule has 0 aliphatic carbocycles. The molecule has 0 spiro atoms. The number of rotatable bonds is 0. The Morgan fingerprint density at radius 3 is 0.438 bits per heavy atom. The molecular formula is C12H30O3V+2. The van der Waals surface area contributed by atoms with Crippen LogP contribution >= 0.6 is 0 Å². The maximum Gasteiger partial charge on any atom is 2.00 e. The van der Waals surface area contributed by atoms with Gasteiger partial charge in [0.15, 0.2) is 0 Å². The molecule has 1 radical (unpaired) electrons. The molecule has 99 valence electrons. The van der Waals surface area contributed by atoms with Crippen molar-refractivity contribution in [3.05, 3.63) is 0 Å². The van der Waals surface area contributed by atoms with Crippen LogP contribution in [0.1, 0.15) is 62.3 Å². The van der Waals surface area contributed by atoms with Crippen molar-refractivity contribution in [1.82, 2.24) is 0 Å². The monoisotopic (exact) mass is 273 g/mol. The Hall–Kier alpha value is 0.464. The van der Waals surface area contributed by atoms with E-state index in [0.717, 1.165) is 0 Å². The first-order valence-corrected chi connectivity index (χ1v) is 5.17. The third-order valence-electron chi connectivity index (χ3n) is 0. The van der Waals surface area contributed by atoms with Gasteiger partial charge in [0.1, 0.15) is 0 Å². The summed E-state index contributed by atoms with van der Waals surface area (Å²) in [6.07, 6.45) is 0. The Kier molecular flexibility index (Phi) is 15.0. The number of hydrogen-bond acceptors (Lipinski definition) is 3. The van der Waals surface area contributed by atoms with E-state index in [1.165, 1.54) is 0 Å². The summed E-state index contributed by atoms with van der Waals surface area (Å²) in [6.45, 7) is 15.7. The molecule has 0 saturated carbocycles. The summed E-state index contributed by atoms with van der Waals surface area (Å²) >= 11 is 0. The van der Waals surface area contributed by atoms with Crippen LogP contribution in [0.2, 0.25) is 0 Å². The van der Waals surface area contributed by atoms with E-state index in [1.54, 1.807) is 62.3 Å². The molecule has 0 aliphatic rings. The van der Waals surface area contributed by atoms with Crippen molar-refractivity contribution in [2.45, 2.75) is 79.1 Å². The van der Waals surface area contributed by atoms with Crippen molar-refractivity contribution >= 4 is 0 Å². The zero-order valence-electron chi connectivity index (χ0n) is 12.3. The molecule has 3 N–H and O–H groups in total. The van der Waals surface area contributed by atoms with E-state index < -0.39 is 16.8 Å². The second-order valence-electron chi connectivity index (χ2n) is 6.51. The largest absolute Gasteiger partial charge is 2.00 e. The van der Waals surface area contributed by atoms with Gasteiger partial charge in [-0.3, -0.25) is 0 Å². The van der Waals surface area contributed by atoms with Gasteiger partial charge >= 0.3 is 18.6 Å². The van der Waals surface area contributed by atoms with Crippen LogP contribution in [0.15, 0.2) is 0 Å². The summed E-state index contributed by atoms with van der Waals surface area (Å²) in [4.78, 5) is 0. The van der Waals surface area contributed by atoms with Crippen molar-refractivity contribution in [2.75, 3.05) is 0 Å². The topological polar surface area (TPSA) is 60.7 Å². The van der Waals surface area contributed by atoms with Crippen LogP contribution in [0.4, 0.5) is 0 Å². The van der Waals surface area contributed by atoms with Crippen molar-refractivity contribution in [1.29, 1.82) is 0 Å². The minimum Gasteiger partial charge on any atom is -0.391 e. The minimum absolute atomic E-state index is 0. The van der Waals surface area contributed by atoms with Gasteiger partial charge in [-0.1, -0.05) is 0 Å². The molecule has 0 heterocycles. The van der Waals surface area contributed by atoms with Gasteiger partial charge in [-0.25, -0.2) is 0 Å². The van der Waals surface area contributed by atoms with E-state index in [1.807, 2.05) is 0 Å². The van der Waals surface area contributed by atoms with E-state index in [-0.39, 0.29) is 18.6 Å². The van der Waals surface area contributed by atoms with E-state index in [2.05, 4.69) is 0 Å². The average molecular weight is 273 g/mol. The van der Waals surface area contributed by atoms with E-state index in [4.69, 9.17) is 15.3 Å². The van der Waals surface area contributed by atoms with Crippen LogP contribution in [0.25, 0.3) is 0 Å². The third-order valence-corrected chi connectivity index (χ3v) is 0. The molecule has 0 amide bonds. The molecule has 0 bridgehead atoms. The molecule has 0 fully saturated rings. The maximum absolute atomic E-state index is 8.52. The van der Waals surface area contributed by atoms with E-state index in [0.29, 0.717) is 0 Å². The predicted octanol–water partition coefficient (Wildman–Crippen LogP) is 2.33. The molecule has 0 aromatic rings. The molecule has 16 heavy (non-hydrogen) atoms. The quantitative estimate of drug-likeness (QED) is 0.635. The standard InChI is InChI=1S/3C4H10O.V/c3*1-4(2,3)5;/h3*5H,1-3H3;/q;;;+2. The number of aliphatic hydroxyl groups is 3. The fourth-order valence-corrected chi connectivity index (χ4v) is 0. The van der Waals surface area contributed by atoms with Crippen molar-refractivity contribution in [3.63, 3.8) is 0 Å². The Morgan fingerprint density at radius 2 is 0.438 bits per heavy atom. The normalized spacial score (nSPS) is 11.2. The van der Waals surface area contributed by atoms with Crippen LogP contribution in [-0.4, -0.2) is 32.1 Å². The molecule has 3 nitrogen and oxygen atoms in total. The summed E-state index contributed by atoms with van der Waals surface area (Å²) in [5, 5.41) is 25.6. The van der Waals surface area contributed by atoms with Crippen LogP contribution < -0.4 is 0 Å². The zero-order chi connectivity index (χ0) is 13.5. The third kappa shape index (κ3) is 12200. The Bertz CT molecular complexity index is 91.3. The summed E-state index contributed by atoms with van der Waals surface area (Å²) in [5.74, 6) is 0. The van der Waals surface area contributed by atoms with Gasteiger partial charge < -0.3 is 15.3 Å². The molecule has 0 atom stereocenters. The fourth-order valence-electron chi connectivity index (χ4n) is 0. The van der Waals surface area contributed by atoms with Gasteiger partial charge in [0.2, 0.25) is 0 Å². The molecule has 0 aliphatic heterocycles. The second kappa shape index (κ2) is 9.49. The van der Waals surface area contributed by atoms with Crippen molar-refractivity contribution in [3.8, 4) is 0 Å². The van der Waals surface area contributed by atoms with Crippen molar-refractivity contribution in [2.24, 2.45) is 0 Å². The second-order valence-corrected chi connectivity index (χ2v) is 6.51. The Morgan fingerprint density at radius 1 is 0.438 bits per heavy atom. The van der Waals surface area contributed by atoms with Gasteiger partial charge in [0, 0.05) is 0 Å². The molecule has 4 heteroatoms. The Balaban J connectivity index is -0.0000000655. The predicted molar refractivity (Wildman–Crippen MR) is 65.9 cm³/mol. The van der Waals surface area contributed by atoms with Crippen LogP contribution in [0.5, 0.6) is 0 Å². The first kappa shape index (κ1) is 25.3. The molecule has 0 rings (SSSR count).